The summed E-state index contributed by atoms with van der Waals surface area (Å²) in [4.78, 5) is 31.1. The normalized spacial score (nSPS) is 16.4. The SMILES string of the molecule is COC(=O)CCn1c(CN2C(=O)C3(CC3)c3c(Cl)cncc32)cc2cc(Cl)ccc21. The van der Waals surface area contributed by atoms with E-state index in [1.54, 1.807) is 17.3 Å². The summed E-state index contributed by atoms with van der Waals surface area (Å²) < 4.78 is 6.85. The van der Waals surface area contributed by atoms with E-state index in [0.717, 1.165) is 40.7 Å². The van der Waals surface area contributed by atoms with Crippen LogP contribution < -0.4 is 4.90 Å². The van der Waals surface area contributed by atoms with Crippen molar-refractivity contribution in [2.75, 3.05) is 12.0 Å². The number of methoxy groups -OCH3 is 1. The number of halogens is 2. The minimum atomic E-state index is -0.498. The summed E-state index contributed by atoms with van der Waals surface area (Å²) >= 11 is 12.6. The molecule has 3 aromatic rings. The van der Waals surface area contributed by atoms with Crippen molar-refractivity contribution < 1.29 is 14.3 Å². The number of esters is 1. The molecule has 1 amide bonds. The number of aromatic nitrogens is 2. The number of fused-ring (bicyclic) bond motifs is 3. The van der Waals surface area contributed by atoms with E-state index in [-0.39, 0.29) is 18.3 Å². The van der Waals surface area contributed by atoms with Gasteiger partial charge in [0.1, 0.15) is 0 Å². The third kappa shape index (κ3) is 2.89. The number of anilines is 1. The first-order valence-corrected chi connectivity index (χ1v) is 10.5. The number of rotatable bonds is 5. The van der Waals surface area contributed by atoms with Crippen molar-refractivity contribution >= 4 is 51.7 Å². The Balaban J connectivity index is 1.56. The standard InChI is InChI=1S/C22H19Cl2N3O3/c1-30-19(28)4-7-26-15(9-13-8-14(23)2-3-17(13)26)12-27-18-11-25-10-16(24)20(18)22(5-6-22)21(27)29/h2-3,8-11H,4-7,12H2,1H3. The molecule has 5 rings (SSSR count). The molecular formula is C22H19Cl2N3O3. The quantitative estimate of drug-likeness (QED) is 0.545. The van der Waals surface area contributed by atoms with Crippen LogP contribution in [0.25, 0.3) is 10.9 Å². The van der Waals surface area contributed by atoms with Gasteiger partial charge in [0.25, 0.3) is 0 Å². The van der Waals surface area contributed by atoms with Gasteiger partial charge in [0.2, 0.25) is 5.91 Å². The summed E-state index contributed by atoms with van der Waals surface area (Å²) in [6.07, 6.45) is 5.16. The number of carbonyl (C=O) groups excluding carboxylic acids is 2. The lowest BCUT2D eigenvalue weighted by atomic mass is 9.99. The molecule has 1 aromatic carbocycles. The van der Waals surface area contributed by atoms with Gasteiger partial charge in [-0.25, -0.2) is 0 Å². The summed E-state index contributed by atoms with van der Waals surface area (Å²) in [5, 5.41) is 2.13. The smallest absolute Gasteiger partial charge is 0.307 e. The molecule has 3 heterocycles. The number of benzene rings is 1. The van der Waals surface area contributed by atoms with Gasteiger partial charge in [0, 0.05) is 39.9 Å². The number of pyridine rings is 1. The van der Waals surface area contributed by atoms with Gasteiger partial charge in [-0.3, -0.25) is 14.6 Å². The van der Waals surface area contributed by atoms with Crippen LogP contribution in [-0.4, -0.2) is 28.5 Å². The molecule has 0 atom stereocenters. The van der Waals surface area contributed by atoms with Gasteiger partial charge >= 0.3 is 5.97 Å². The molecule has 0 N–H and O–H groups in total. The molecule has 1 fully saturated rings. The number of nitrogens with zero attached hydrogens (tertiary/aromatic N) is 3. The van der Waals surface area contributed by atoms with E-state index in [0.29, 0.717) is 23.1 Å². The largest absolute Gasteiger partial charge is 0.469 e. The van der Waals surface area contributed by atoms with Gasteiger partial charge in [0.15, 0.2) is 0 Å². The number of hydrogen-bond donors (Lipinski definition) is 0. The maximum absolute atomic E-state index is 13.3. The fourth-order valence-corrected chi connectivity index (χ4v) is 5.00. The number of ether oxygens (including phenoxy) is 1. The molecule has 1 spiro atoms. The van der Waals surface area contributed by atoms with Crippen LogP contribution in [0.1, 0.15) is 30.5 Å². The summed E-state index contributed by atoms with van der Waals surface area (Å²) in [5.41, 5.74) is 3.03. The molecule has 1 saturated carbocycles. The van der Waals surface area contributed by atoms with Crippen LogP contribution in [-0.2, 0) is 32.8 Å². The van der Waals surface area contributed by atoms with Gasteiger partial charge in [-0.1, -0.05) is 23.2 Å². The lowest BCUT2D eigenvalue weighted by molar-refractivity contribution is -0.140. The minimum Gasteiger partial charge on any atom is -0.469 e. The van der Waals surface area contributed by atoms with Crippen molar-refractivity contribution in [1.82, 2.24) is 9.55 Å². The van der Waals surface area contributed by atoms with Crippen molar-refractivity contribution in [3.05, 3.63) is 58.0 Å². The van der Waals surface area contributed by atoms with Gasteiger partial charge in [0.05, 0.1) is 42.4 Å². The highest BCUT2D eigenvalue weighted by atomic mass is 35.5. The zero-order valence-corrected chi connectivity index (χ0v) is 17.8. The molecule has 0 unspecified atom stereocenters. The molecule has 0 radical (unpaired) electrons. The van der Waals surface area contributed by atoms with Crippen LogP contribution in [0.4, 0.5) is 5.69 Å². The van der Waals surface area contributed by atoms with E-state index in [1.165, 1.54) is 7.11 Å². The van der Waals surface area contributed by atoms with E-state index >= 15 is 0 Å². The van der Waals surface area contributed by atoms with Crippen molar-refractivity contribution in [2.45, 2.75) is 37.8 Å². The van der Waals surface area contributed by atoms with Crippen LogP contribution in [0.15, 0.2) is 36.7 Å². The van der Waals surface area contributed by atoms with Crippen molar-refractivity contribution in [2.24, 2.45) is 0 Å². The lowest BCUT2D eigenvalue weighted by Crippen LogP contribution is -2.32. The highest BCUT2D eigenvalue weighted by Gasteiger charge is 2.60. The highest BCUT2D eigenvalue weighted by Crippen LogP contribution is 2.59. The molecule has 2 aliphatic rings. The van der Waals surface area contributed by atoms with E-state index in [9.17, 15) is 9.59 Å². The molecule has 2 aromatic heterocycles. The van der Waals surface area contributed by atoms with Crippen LogP contribution in [0, 0.1) is 0 Å². The Hall–Kier alpha value is -2.57. The summed E-state index contributed by atoms with van der Waals surface area (Å²) in [7, 11) is 1.38. The van der Waals surface area contributed by atoms with Crippen LogP contribution >= 0.6 is 23.2 Å². The van der Waals surface area contributed by atoms with Crippen LogP contribution in [0.5, 0.6) is 0 Å². The van der Waals surface area contributed by atoms with Gasteiger partial charge < -0.3 is 14.2 Å². The zero-order chi connectivity index (χ0) is 21.0. The fourth-order valence-electron chi connectivity index (χ4n) is 4.48. The molecule has 154 valence electrons. The Labute approximate surface area is 183 Å². The van der Waals surface area contributed by atoms with Crippen LogP contribution in [0.3, 0.4) is 0 Å². The monoisotopic (exact) mass is 443 g/mol. The maximum Gasteiger partial charge on any atom is 0.307 e. The van der Waals surface area contributed by atoms with E-state index in [1.807, 2.05) is 28.8 Å². The predicted molar refractivity (Wildman–Crippen MR) is 115 cm³/mol. The predicted octanol–water partition coefficient (Wildman–Crippen LogP) is 4.48. The summed E-state index contributed by atoms with van der Waals surface area (Å²) in [6, 6.07) is 7.65. The minimum absolute atomic E-state index is 0.0650. The third-order valence-electron chi connectivity index (χ3n) is 6.09. The first-order valence-electron chi connectivity index (χ1n) is 9.75. The Bertz CT molecular complexity index is 1200. The maximum atomic E-state index is 13.3. The highest BCUT2D eigenvalue weighted by molar-refractivity contribution is 6.33. The Morgan fingerprint density at radius 1 is 1.23 bits per heavy atom. The van der Waals surface area contributed by atoms with E-state index in [4.69, 9.17) is 27.9 Å². The first kappa shape index (κ1) is 19.4. The summed E-state index contributed by atoms with van der Waals surface area (Å²) in [6.45, 7) is 0.810. The fraction of sp³-hybridized carbons (Fsp3) is 0.318. The van der Waals surface area contributed by atoms with Crippen LogP contribution in [0.2, 0.25) is 10.0 Å². The second-order valence-corrected chi connectivity index (χ2v) is 8.65. The van der Waals surface area contributed by atoms with Gasteiger partial charge in [-0.15, -0.1) is 0 Å². The number of aryl methyl sites for hydroxylation is 1. The molecule has 8 heteroatoms. The van der Waals surface area contributed by atoms with Gasteiger partial charge in [-0.05, 0) is 37.1 Å². The number of amides is 1. The molecule has 0 bridgehead atoms. The molecule has 1 aliphatic heterocycles. The van der Waals surface area contributed by atoms with Crippen molar-refractivity contribution in [1.29, 1.82) is 0 Å². The molecule has 1 aliphatic carbocycles. The zero-order valence-electron chi connectivity index (χ0n) is 16.3. The molecule has 30 heavy (non-hydrogen) atoms. The van der Waals surface area contributed by atoms with Crippen molar-refractivity contribution in [3.8, 4) is 0 Å². The van der Waals surface area contributed by atoms with E-state index in [2.05, 4.69) is 4.98 Å². The second-order valence-electron chi connectivity index (χ2n) is 7.81. The lowest BCUT2D eigenvalue weighted by Gasteiger charge is -2.19. The van der Waals surface area contributed by atoms with E-state index < -0.39 is 5.41 Å². The Morgan fingerprint density at radius 2 is 2.03 bits per heavy atom. The summed E-state index contributed by atoms with van der Waals surface area (Å²) in [5.74, 6) is -0.220. The topological polar surface area (TPSA) is 64.4 Å². The second kappa shape index (κ2) is 7.00. The van der Waals surface area contributed by atoms with Crippen molar-refractivity contribution in [3.63, 3.8) is 0 Å². The molecule has 6 nitrogen and oxygen atoms in total. The number of carbonyl (C=O) groups is 2. The Morgan fingerprint density at radius 3 is 2.77 bits per heavy atom. The third-order valence-corrected chi connectivity index (χ3v) is 6.61. The molecule has 0 saturated heterocycles. The average Bonchev–Trinajstić information content (AvgIpc) is 3.41. The average molecular weight is 444 g/mol. The number of hydrogen-bond acceptors (Lipinski definition) is 4. The Kier molecular flexibility index (Phi) is 4.52. The van der Waals surface area contributed by atoms with Gasteiger partial charge in [-0.2, -0.15) is 0 Å². The molecular weight excluding hydrogens is 425 g/mol. The first-order chi connectivity index (χ1) is 14.4.